The van der Waals surface area contributed by atoms with Crippen LogP contribution in [0.2, 0.25) is 5.02 Å². The largest absolute Gasteiger partial charge is 0.373 e. The Labute approximate surface area is 122 Å². The molecule has 0 amide bonds. The Kier molecular flexibility index (Phi) is 4.39. The Morgan fingerprint density at radius 2 is 1.85 bits per heavy atom. The smallest absolute Gasteiger partial charge is 0.136 e. The molecule has 2 N–H and O–H groups in total. The first-order valence-corrected chi connectivity index (χ1v) is 6.66. The molecule has 4 nitrogen and oxygen atoms in total. The van der Waals surface area contributed by atoms with Gasteiger partial charge in [-0.3, -0.25) is 0 Å². The molecule has 0 fully saturated rings. The minimum atomic E-state index is -0.358. The van der Waals surface area contributed by atoms with Crippen molar-refractivity contribution in [1.29, 1.82) is 0 Å². The molecule has 6 heteroatoms. The predicted octanol–water partition coefficient (Wildman–Crippen LogP) is 4.18. The standard InChI is InChI=1S/C14H16ClFN4/c1-8(2)14-19-12(17-3)7-13(20-14)18-11-6-9(16)4-5-10(11)15/h4-8H,1-3H3,(H2,17,18,19,20). The monoisotopic (exact) mass is 294 g/mol. The maximum atomic E-state index is 13.3. The molecule has 0 aliphatic rings. The summed E-state index contributed by atoms with van der Waals surface area (Å²) in [5.41, 5.74) is 0.474. The highest BCUT2D eigenvalue weighted by Gasteiger charge is 2.09. The number of rotatable bonds is 4. The lowest BCUT2D eigenvalue weighted by atomic mass is 10.2. The van der Waals surface area contributed by atoms with Crippen molar-refractivity contribution in [2.24, 2.45) is 0 Å². The van der Waals surface area contributed by atoms with Crippen molar-refractivity contribution >= 4 is 28.9 Å². The van der Waals surface area contributed by atoms with E-state index in [2.05, 4.69) is 20.6 Å². The summed E-state index contributed by atoms with van der Waals surface area (Å²) in [5, 5.41) is 6.43. The lowest BCUT2D eigenvalue weighted by Gasteiger charge is -2.12. The molecule has 2 aromatic rings. The second kappa shape index (κ2) is 6.05. The maximum Gasteiger partial charge on any atom is 0.136 e. The van der Waals surface area contributed by atoms with E-state index in [1.54, 1.807) is 13.1 Å². The molecule has 0 saturated carbocycles. The van der Waals surface area contributed by atoms with Crippen molar-refractivity contribution in [2.75, 3.05) is 17.7 Å². The summed E-state index contributed by atoms with van der Waals surface area (Å²) in [6.07, 6.45) is 0. The number of nitrogens with zero attached hydrogens (tertiary/aromatic N) is 2. The fourth-order valence-electron chi connectivity index (χ4n) is 1.65. The van der Waals surface area contributed by atoms with Gasteiger partial charge < -0.3 is 10.6 Å². The lowest BCUT2D eigenvalue weighted by Crippen LogP contribution is -2.05. The van der Waals surface area contributed by atoms with Crippen molar-refractivity contribution in [3.05, 3.63) is 40.9 Å². The zero-order chi connectivity index (χ0) is 14.7. The van der Waals surface area contributed by atoms with E-state index in [1.165, 1.54) is 18.2 Å². The highest BCUT2D eigenvalue weighted by atomic mass is 35.5. The van der Waals surface area contributed by atoms with Crippen LogP contribution in [0, 0.1) is 5.82 Å². The maximum absolute atomic E-state index is 13.3. The molecule has 0 aliphatic heterocycles. The lowest BCUT2D eigenvalue weighted by molar-refractivity contribution is 0.628. The third-order valence-corrected chi connectivity index (χ3v) is 3.04. The summed E-state index contributed by atoms with van der Waals surface area (Å²) >= 11 is 6.03. The summed E-state index contributed by atoms with van der Waals surface area (Å²) in [4.78, 5) is 8.77. The van der Waals surface area contributed by atoms with E-state index in [9.17, 15) is 4.39 Å². The Hall–Kier alpha value is -1.88. The highest BCUT2D eigenvalue weighted by Crippen LogP contribution is 2.26. The molecule has 0 unspecified atom stereocenters. The molecule has 0 spiro atoms. The topological polar surface area (TPSA) is 49.8 Å². The van der Waals surface area contributed by atoms with Gasteiger partial charge in [-0.1, -0.05) is 25.4 Å². The fraction of sp³-hybridized carbons (Fsp3) is 0.286. The van der Waals surface area contributed by atoms with Crippen molar-refractivity contribution in [1.82, 2.24) is 9.97 Å². The number of hydrogen-bond acceptors (Lipinski definition) is 4. The van der Waals surface area contributed by atoms with Crippen LogP contribution in [0.4, 0.5) is 21.7 Å². The van der Waals surface area contributed by atoms with Gasteiger partial charge in [0.1, 0.15) is 23.3 Å². The summed E-state index contributed by atoms with van der Waals surface area (Å²) in [6, 6.07) is 5.89. The Bertz CT molecular complexity index is 616. The van der Waals surface area contributed by atoms with Crippen LogP contribution in [0.15, 0.2) is 24.3 Å². The third kappa shape index (κ3) is 3.36. The third-order valence-electron chi connectivity index (χ3n) is 2.71. The van der Waals surface area contributed by atoms with Gasteiger partial charge >= 0.3 is 0 Å². The average Bonchev–Trinajstić information content (AvgIpc) is 2.42. The van der Waals surface area contributed by atoms with Gasteiger partial charge in [-0.25, -0.2) is 14.4 Å². The van der Waals surface area contributed by atoms with E-state index in [1.807, 2.05) is 13.8 Å². The normalized spacial score (nSPS) is 10.7. The molecular weight excluding hydrogens is 279 g/mol. The number of nitrogens with one attached hydrogen (secondary N) is 2. The van der Waals surface area contributed by atoms with Gasteiger partial charge in [-0.15, -0.1) is 0 Å². The van der Waals surface area contributed by atoms with Gasteiger partial charge in [-0.2, -0.15) is 0 Å². The number of benzene rings is 1. The van der Waals surface area contributed by atoms with Gasteiger partial charge in [0.2, 0.25) is 0 Å². The number of hydrogen-bond donors (Lipinski definition) is 2. The molecule has 0 radical (unpaired) electrons. The van der Waals surface area contributed by atoms with E-state index in [0.717, 1.165) is 0 Å². The van der Waals surface area contributed by atoms with Crippen LogP contribution in [0.25, 0.3) is 0 Å². The van der Waals surface area contributed by atoms with Gasteiger partial charge in [0.05, 0.1) is 10.7 Å². The van der Waals surface area contributed by atoms with E-state index in [4.69, 9.17) is 11.6 Å². The summed E-state index contributed by atoms with van der Waals surface area (Å²) in [6.45, 7) is 4.02. The fourth-order valence-corrected chi connectivity index (χ4v) is 1.81. The number of aromatic nitrogens is 2. The van der Waals surface area contributed by atoms with Gasteiger partial charge in [-0.05, 0) is 18.2 Å². The van der Waals surface area contributed by atoms with E-state index in [0.29, 0.717) is 28.2 Å². The highest BCUT2D eigenvalue weighted by molar-refractivity contribution is 6.33. The van der Waals surface area contributed by atoms with Crippen LogP contribution in [0.5, 0.6) is 0 Å². The first-order chi connectivity index (χ1) is 9.49. The average molecular weight is 295 g/mol. The Morgan fingerprint density at radius 1 is 1.15 bits per heavy atom. The molecule has 1 aromatic carbocycles. The molecule has 0 atom stereocenters. The minimum Gasteiger partial charge on any atom is -0.373 e. The summed E-state index contributed by atoms with van der Waals surface area (Å²) < 4.78 is 13.3. The first-order valence-electron chi connectivity index (χ1n) is 6.28. The van der Waals surface area contributed by atoms with Crippen LogP contribution < -0.4 is 10.6 Å². The summed E-state index contributed by atoms with van der Waals surface area (Å²) in [7, 11) is 1.78. The van der Waals surface area contributed by atoms with Crippen LogP contribution in [-0.2, 0) is 0 Å². The second-order valence-corrected chi connectivity index (χ2v) is 5.06. The molecule has 2 rings (SSSR count). The van der Waals surface area contributed by atoms with Crippen molar-refractivity contribution in [3.63, 3.8) is 0 Å². The zero-order valence-corrected chi connectivity index (χ0v) is 12.3. The molecule has 0 saturated heterocycles. The molecule has 106 valence electrons. The second-order valence-electron chi connectivity index (χ2n) is 4.65. The number of halogens is 2. The van der Waals surface area contributed by atoms with Gasteiger partial charge in [0, 0.05) is 19.0 Å². The molecule has 0 aliphatic carbocycles. The van der Waals surface area contributed by atoms with Crippen LogP contribution >= 0.6 is 11.6 Å². The van der Waals surface area contributed by atoms with Crippen molar-refractivity contribution in [2.45, 2.75) is 19.8 Å². The Morgan fingerprint density at radius 3 is 2.50 bits per heavy atom. The molecule has 20 heavy (non-hydrogen) atoms. The van der Waals surface area contributed by atoms with Crippen molar-refractivity contribution < 1.29 is 4.39 Å². The molecule has 0 bridgehead atoms. The Balaban J connectivity index is 2.37. The van der Waals surface area contributed by atoms with E-state index < -0.39 is 0 Å². The van der Waals surface area contributed by atoms with Crippen LogP contribution in [0.3, 0.4) is 0 Å². The zero-order valence-electron chi connectivity index (χ0n) is 11.5. The minimum absolute atomic E-state index is 0.187. The van der Waals surface area contributed by atoms with E-state index >= 15 is 0 Å². The van der Waals surface area contributed by atoms with Crippen LogP contribution in [0.1, 0.15) is 25.6 Å². The quantitative estimate of drug-likeness (QED) is 0.888. The molecule has 1 heterocycles. The first kappa shape index (κ1) is 14.5. The molecule has 1 aromatic heterocycles. The molecular formula is C14H16ClFN4. The summed E-state index contributed by atoms with van der Waals surface area (Å²) in [5.74, 6) is 1.79. The van der Waals surface area contributed by atoms with Gasteiger partial charge in [0.15, 0.2) is 0 Å². The van der Waals surface area contributed by atoms with E-state index in [-0.39, 0.29) is 11.7 Å². The van der Waals surface area contributed by atoms with Crippen molar-refractivity contribution in [3.8, 4) is 0 Å². The SMILES string of the molecule is CNc1cc(Nc2cc(F)ccc2Cl)nc(C(C)C)n1. The number of anilines is 3. The van der Waals surface area contributed by atoms with Gasteiger partial charge in [0.25, 0.3) is 0 Å². The van der Waals surface area contributed by atoms with Crippen LogP contribution in [-0.4, -0.2) is 17.0 Å². The predicted molar refractivity (Wildman–Crippen MR) is 80.4 cm³/mol.